The molecule has 0 atom stereocenters. The van der Waals surface area contributed by atoms with Crippen LogP contribution in [0.15, 0.2) is 53.3 Å². The minimum absolute atomic E-state index is 0.352. The number of carbonyl (C=O) groups is 1. The summed E-state index contributed by atoms with van der Waals surface area (Å²) in [6, 6.07) is 14.9. The Morgan fingerprint density at radius 2 is 1.82 bits per heavy atom. The number of ether oxygens (including phenoxy) is 2. The molecule has 0 unspecified atom stereocenters. The SMILES string of the molecule is COc1ccc2cccc(-c3ccc(CBr)n(C(=O)OC(C)(C)C)c3=O)c2c1. The first-order chi connectivity index (χ1) is 13.2. The Kier molecular flexibility index (Phi) is 5.61. The summed E-state index contributed by atoms with van der Waals surface area (Å²) in [7, 11) is 1.60. The fraction of sp³-hybridized carbons (Fsp3) is 0.273. The van der Waals surface area contributed by atoms with E-state index in [-0.39, 0.29) is 0 Å². The summed E-state index contributed by atoms with van der Waals surface area (Å²) in [6.07, 6.45) is -0.688. The lowest BCUT2D eigenvalue weighted by Gasteiger charge is -2.21. The van der Waals surface area contributed by atoms with Crippen molar-refractivity contribution < 1.29 is 14.3 Å². The van der Waals surface area contributed by atoms with Crippen LogP contribution in [0.4, 0.5) is 4.79 Å². The summed E-state index contributed by atoms with van der Waals surface area (Å²) in [6.45, 7) is 5.31. The standard InChI is InChI=1S/C22H22BrNO4/c1-22(2,3)28-21(26)24-15(13-23)9-11-18(20(24)25)17-7-5-6-14-8-10-16(27-4)12-19(14)17/h5-12H,13H2,1-4H3. The van der Waals surface area contributed by atoms with Crippen LogP contribution in [0.2, 0.25) is 0 Å². The number of halogens is 1. The summed E-state index contributed by atoms with van der Waals surface area (Å²) >= 11 is 3.35. The molecule has 0 radical (unpaired) electrons. The molecular formula is C22H22BrNO4. The van der Waals surface area contributed by atoms with Crippen molar-refractivity contribution in [2.45, 2.75) is 31.7 Å². The van der Waals surface area contributed by atoms with Gasteiger partial charge in [-0.1, -0.05) is 40.2 Å². The minimum atomic E-state index is -0.705. The summed E-state index contributed by atoms with van der Waals surface area (Å²) < 4.78 is 11.9. The first kappa shape index (κ1) is 20.1. The van der Waals surface area contributed by atoms with Gasteiger partial charge in [0.25, 0.3) is 5.56 Å². The third-order valence-corrected chi connectivity index (χ3v) is 4.83. The number of alkyl halides is 1. The lowest BCUT2D eigenvalue weighted by atomic mass is 9.98. The molecule has 3 rings (SSSR count). The fourth-order valence-corrected chi connectivity index (χ4v) is 3.44. The maximum Gasteiger partial charge on any atom is 0.421 e. The maximum atomic E-state index is 13.3. The predicted molar refractivity (Wildman–Crippen MR) is 114 cm³/mol. The molecule has 6 heteroatoms. The second-order valence-electron chi connectivity index (χ2n) is 7.39. The molecule has 0 aliphatic heterocycles. The van der Waals surface area contributed by atoms with Gasteiger partial charge in [0.2, 0.25) is 0 Å². The van der Waals surface area contributed by atoms with Crippen LogP contribution in [-0.2, 0) is 10.1 Å². The molecule has 2 aromatic carbocycles. The lowest BCUT2D eigenvalue weighted by molar-refractivity contribution is 0.0527. The van der Waals surface area contributed by atoms with Crippen molar-refractivity contribution in [1.29, 1.82) is 0 Å². The summed E-state index contributed by atoms with van der Waals surface area (Å²) in [5, 5.41) is 2.21. The van der Waals surface area contributed by atoms with E-state index in [0.29, 0.717) is 22.3 Å². The third kappa shape index (κ3) is 3.97. The molecule has 146 valence electrons. The summed E-state index contributed by atoms with van der Waals surface area (Å²) in [4.78, 5) is 26.0. The molecule has 0 amide bonds. The van der Waals surface area contributed by atoms with Crippen LogP contribution < -0.4 is 10.3 Å². The van der Waals surface area contributed by atoms with Crippen LogP contribution in [0.3, 0.4) is 0 Å². The highest BCUT2D eigenvalue weighted by Crippen LogP contribution is 2.30. The highest BCUT2D eigenvalue weighted by Gasteiger charge is 2.23. The van der Waals surface area contributed by atoms with Gasteiger partial charge in [0.15, 0.2) is 0 Å². The molecule has 5 nitrogen and oxygen atoms in total. The highest BCUT2D eigenvalue weighted by molar-refractivity contribution is 9.08. The third-order valence-electron chi connectivity index (χ3n) is 4.26. The Labute approximate surface area is 172 Å². The van der Waals surface area contributed by atoms with Gasteiger partial charge in [0.1, 0.15) is 11.4 Å². The average molecular weight is 444 g/mol. The van der Waals surface area contributed by atoms with E-state index in [1.54, 1.807) is 40.0 Å². The second-order valence-corrected chi connectivity index (χ2v) is 7.95. The zero-order chi connectivity index (χ0) is 20.5. The largest absolute Gasteiger partial charge is 0.497 e. The Balaban J connectivity index is 2.24. The monoisotopic (exact) mass is 443 g/mol. The van der Waals surface area contributed by atoms with Gasteiger partial charge in [-0.15, -0.1) is 0 Å². The fourth-order valence-electron chi connectivity index (χ4n) is 3.01. The van der Waals surface area contributed by atoms with Crippen molar-refractivity contribution in [2.24, 2.45) is 0 Å². The Hall–Kier alpha value is -2.60. The smallest absolute Gasteiger partial charge is 0.421 e. The number of rotatable bonds is 3. The van der Waals surface area contributed by atoms with Crippen LogP contribution in [0.5, 0.6) is 5.75 Å². The van der Waals surface area contributed by atoms with Gasteiger partial charge in [-0.25, -0.2) is 9.36 Å². The van der Waals surface area contributed by atoms with E-state index in [4.69, 9.17) is 9.47 Å². The van der Waals surface area contributed by atoms with Gasteiger partial charge in [0.05, 0.1) is 7.11 Å². The van der Waals surface area contributed by atoms with Gasteiger partial charge in [0, 0.05) is 16.6 Å². The number of hydrogen-bond donors (Lipinski definition) is 0. The van der Waals surface area contributed by atoms with Crippen molar-refractivity contribution in [1.82, 2.24) is 4.57 Å². The van der Waals surface area contributed by atoms with Crippen molar-refractivity contribution in [3.63, 3.8) is 0 Å². The zero-order valence-corrected chi connectivity index (χ0v) is 17.9. The highest BCUT2D eigenvalue weighted by atomic mass is 79.9. The first-order valence-electron chi connectivity index (χ1n) is 8.86. The lowest BCUT2D eigenvalue weighted by Crippen LogP contribution is -2.35. The minimum Gasteiger partial charge on any atom is -0.497 e. The van der Waals surface area contributed by atoms with E-state index < -0.39 is 17.3 Å². The molecule has 0 aliphatic rings. The van der Waals surface area contributed by atoms with Crippen LogP contribution in [0.25, 0.3) is 21.9 Å². The number of pyridine rings is 1. The Morgan fingerprint density at radius 3 is 2.46 bits per heavy atom. The van der Waals surface area contributed by atoms with E-state index in [1.807, 2.05) is 36.4 Å². The average Bonchev–Trinajstić information content (AvgIpc) is 2.65. The number of methoxy groups -OCH3 is 1. The van der Waals surface area contributed by atoms with E-state index in [2.05, 4.69) is 15.9 Å². The number of aromatic nitrogens is 1. The van der Waals surface area contributed by atoms with Crippen LogP contribution in [0.1, 0.15) is 26.5 Å². The molecule has 0 saturated heterocycles. The van der Waals surface area contributed by atoms with Gasteiger partial charge in [-0.2, -0.15) is 0 Å². The molecule has 0 fully saturated rings. The number of nitrogens with zero attached hydrogens (tertiary/aromatic N) is 1. The van der Waals surface area contributed by atoms with Crippen molar-refractivity contribution in [3.8, 4) is 16.9 Å². The van der Waals surface area contributed by atoms with E-state index in [0.717, 1.165) is 20.9 Å². The predicted octanol–water partition coefficient (Wildman–Crippen LogP) is 5.36. The molecule has 28 heavy (non-hydrogen) atoms. The maximum absolute atomic E-state index is 13.3. The molecule has 3 aromatic rings. The first-order valence-corrected chi connectivity index (χ1v) is 9.98. The van der Waals surface area contributed by atoms with Gasteiger partial charge in [-0.05, 0) is 61.4 Å². The van der Waals surface area contributed by atoms with E-state index in [1.165, 1.54) is 0 Å². The summed E-state index contributed by atoms with van der Waals surface area (Å²) in [5.74, 6) is 0.699. The van der Waals surface area contributed by atoms with Gasteiger partial charge < -0.3 is 9.47 Å². The quantitative estimate of drug-likeness (QED) is 0.511. The Morgan fingerprint density at radius 1 is 1.07 bits per heavy atom. The number of hydrogen-bond acceptors (Lipinski definition) is 4. The zero-order valence-electron chi connectivity index (χ0n) is 16.3. The molecule has 0 bridgehead atoms. The van der Waals surface area contributed by atoms with E-state index in [9.17, 15) is 9.59 Å². The molecule has 0 spiro atoms. The molecule has 0 saturated carbocycles. The van der Waals surface area contributed by atoms with Crippen LogP contribution in [0, 0.1) is 0 Å². The van der Waals surface area contributed by atoms with Crippen molar-refractivity contribution >= 4 is 32.8 Å². The van der Waals surface area contributed by atoms with Crippen molar-refractivity contribution in [2.75, 3.05) is 7.11 Å². The Bertz CT molecular complexity index is 1100. The van der Waals surface area contributed by atoms with E-state index >= 15 is 0 Å². The second kappa shape index (κ2) is 7.80. The van der Waals surface area contributed by atoms with Crippen molar-refractivity contribution in [3.05, 3.63) is 64.6 Å². The molecule has 0 N–H and O–H groups in total. The number of carbonyl (C=O) groups excluding carboxylic acids is 1. The van der Waals surface area contributed by atoms with Crippen LogP contribution >= 0.6 is 15.9 Å². The van der Waals surface area contributed by atoms with Gasteiger partial charge >= 0.3 is 6.09 Å². The summed E-state index contributed by atoms with van der Waals surface area (Å²) in [5.41, 5.74) is 0.569. The molecule has 0 aliphatic carbocycles. The topological polar surface area (TPSA) is 57.5 Å². The molecule has 1 heterocycles. The number of benzene rings is 2. The normalized spacial score (nSPS) is 11.5. The molecular weight excluding hydrogens is 422 g/mol. The molecule has 1 aromatic heterocycles. The van der Waals surface area contributed by atoms with Crippen LogP contribution in [-0.4, -0.2) is 23.4 Å². The van der Waals surface area contributed by atoms with Gasteiger partial charge in [-0.3, -0.25) is 4.79 Å². The number of fused-ring (bicyclic) bond motifs is 1.